The van der Waals surface area contributed by atoms with E-state index in [0.29, 0.717) is 6.42 Å². The number of halogens is 1. The molecule has 0 aliphatic heterocycles. The summed E-state index contributed by atoms with van der Waals surface area (Å²) in [7, 11) is 1.75. The molecular weight excluding hydrogens is 259 g/mol. The van der Waals surface area contributed by atoms with E-state index in [0.717, 1.165) is 23.5 Å². The zero-order valence-corrected chi connectivity index (χ0v) is 11.0. The average molecular weight is 274 g/mol. The van der Waals surface area contributed by atoms with E-state index in [1.54, 1.807) is 17.4 Å². The van der Waals surface area contributed by atoms with Crippen LogP contribution in [0.1, 0.15) is 12.5 Å². The molecule has 18 heavy (non-hydrogen) atoms. The number of benzene rings is 1. The predicted octanol–water partition coefficient (Wildman–Crippen LogP) is 1.99. The molecule has 1 aromatic carbocycles. The third-order valence-corrected chi connectivity index (χ3v) is 2.81. The first kappa shape index (κ1) is 14.7. The molecule has 0 amide bonds. The average Bonchev–Trinajstić information content (AvgIpc) is 2.33. The van der Waals surface area contributed by atoms with Gasteiger partial charge >= 0.3 is 5.97 Å². The lowest BCUT2D eigenvalue weighted by molar-refractivity contribution is -0.137. The number of carboxylic acid groups (broad SMARTS) is 1. The Morgan fingerprint density at radius 2 is 2.33 bits per heavy atom. The van der Waals surface area contributed by atoms with E-state index in [4.69, 9.17) is 9.39 Å². The summed E-state index contributed by atoms with van der Waals surface area (Å²) in [4.78, 5) is 10.2. The van der Waals surface area contributed by atoms with Gasteiger partial charge in [0.05, 0.1) is 5.69 Å². The Kier molecular flexibility index (Phi) is 5.90. The molecule has 0 radical (unpaired) electrons. The molecule has 5 nitrogen and oxygen atoms in total. The van der Waals surface area contributed by atoms with Crippen LogP contribution in [0.25, 0.3) is 0 Å². The summed E-state index contributed by atoms with van der Waals surface area (Å²) >= 11 is 0.943. The minimum atomic E-state index is -1.01. The largest absolute Gasteiger partial charge is 0.480 e. The maximum absolute atomic E-state index is 13.1. The summed E-state index contributed by atoms with van der Waals surface area (Å²) in [5, 5.41) is 8.40. The van der Waals surface area contributed by atoms with Crippen LogP contribution in [0.3, 0.4) is 0 Å². The zero-order valence-electron chi connectivity index (χ0n) is 10.1. The summed E-state index contributed by atoms with van der Waals surface area (Å²) in [6, 6.07) is 4.50. The Hall–Kier alpha value is -1.31. The molecule has 7 heteroatoms. The Balaban J connectivity index is 2.55. The van der Waals surface area contributed by atoms with Crippen molar-refractivity contribution in [2.75, 3.05) is 17.9 Å². The number of nitrogens with zero attached hydrogens (tertiary/aromatic N) is 1. The molecule has 0 saturated heterocycles. The first-order valence-electron chi connectivity index (χ1n) is 5.35. The highest BCUT2D eigenvalue weighted by Gasteiger charge is 2.09. The van der Waals surface area contributed by atoms with Crippen LogP contribution in [0.2, 0.25) is 0 Å². The number of aryl methyl sites for hydroxylation is 1. The van der Waals surface area contributed by atoms with Gasteiger partial charge < -0.3 is 5.11 Å². The second kappa shape index (κ2) is 7.20. The van der Waals surface area contributed by atoms with Crippen LogP contribution in [-0.2, 0) is 15.5 Å². The van der Waals surface area contributed by atoms with Gasteiger partial charge in [-0.1, -0.05) is 6.92 Å². The normalized spacial score (nSPS) is 10.4. The number of carboxylic acids is 1. The quantitative estimate of drug-likeness (QED) is 0.343. The van der Waals surface area contributed by atoms with Gasteiger partial charge in [0.2, 0.25) is 0 Å². The van der Waals surface area contributed by atoms with Crippen LogP contribution >= 0.6 is 12.2 Å². The second-order valence-corrected chi connectivity index (χ2v) is 4.36. The van der Waals surface area contributed by atoms with Crippen molar-refractivity contribution in [3.63, 3.8) is 0 Å². The van der Waals surface area contributed by atoms with Crippen LogP contribution < -0.4 is 9.79 Å². The molecule has 1 aromatic rings. The van der Waals surface area contributed by atoms with Crippen LogP contribution in [0.5, 0.6) is 0 Å². The fraction of sp³-hybridized carbons (Fsp3) is 0.364. The van der Waals surface area contributed by atoms with Crippen molar-refractivity contribution in [1.82, 2.24) is 5.48 Å². The molecule has 0 saturated carbocycles. The number of hydrogen-bond donors (Lipinski definition) is 2. The molecule has 0 unspecified atom stereocenters. The number of hydroxylamine groups is 1. The van der Waals surface area contributed by atoms with Gasteiger partial charge in [0, 0.05) is 7.05 Å². The summed E-state index contributed by atoms with van der Waals surface area (Å²) < 4.78 is 19.7. The van der Waals surface area contributed by atoms with Gasteiger partial charge in [-0.05, 0) is 30.2 Å². The van der Waals surface area contributed by atoms with E-state index in [2.05, 4.69) is 5.48 Å². The van der Waals surface area contributed by atoms with Crippen molar-refractivity contribution >= 4 is 23.9 Å². The fourth-order valence-electron chi connectivity index (χ4n) is 1.36. The van der Waals surface area contributed by atoms with Gasteiger partial charge in [-0.3, -0.25) is 9.10 Å². The monoisotopic (exact) mass is 274 g/mol. The van der Waals surface area contributed by atoms with Crippen molar-refractivity contribution < 1.29 is 18.6 Å². The molecule has 0 atom stereocenters. The van der Waals surface area contributed by atoms with Gasteiger partial charge in [-0.2, -0.15) is 5.48 Å². The van der Waals surface area contributed by atoms with E-state index in [1.165, 1.54) is 12.1 Å². The maximum atomic E-state index is 13.1. The molecule has 0 bridgehead atoms. The summed E-state index contributed by atoms with van der Waals surface area (Å²) in [6.45, 7) is 1.64. The lowest BCUT2D eigenvalue weighted by Gasteiger charge is -2.19. The van der Waals surface area contributed by atoms with Crippen LogP contribution in [-0.4, -0.2) is 24.7 Å². The smallest absolute Gasteiger partial charge is 0.319 e. The molecule has 100 valence electrons. The zero-order chi connectivity index (χ0) is 13.5. The highest BCUT2D eigenvalue weighted by molar-refractivity contribution is 7.96. The topological polar surface area (TPSA) is 61.8 Å². The number of rotatable bonds is 7. The Bertz CT molecular complexity index is 417. The van der Waals surface area contributed by atoms with Gasteiger partial charge in [0.25, 0.3) is 0 Å². The number of nitrogens with one attached hydrogen (secondary N) is 1. The maximum Gasteiger partial charge on any atom is 0.319 e. The minimum absolute atomic E-state index is 0.279. The van der Waals surface area contributed by atoms with Crippen molar-refractivity contribution in [2.24, 2.45) is 0 Å². The van der Waals surface area contributed by atoms with Gasteiger partial charge in [-0.15, -0.1) is 0 Å². The first-order valence-corrected chi connectivity index (χ1v) is 6.05. The van der Waals surface area contributed by atoms with E-state index in [9.17, 15) is 9.18 Å². The third kappa shape index (κ3) is 4.52. The molecule has 1 rings (SSSR count). The molecule has 0 aliphatic rings. The van der Waals surface area contributed by atoms with Crippen molar-refractivity contribution in [2.45, 2.75) is 13.3 Å². The SMILES string of the molecule is CCc1cc(F)ccc1N(C)SONCC(=O)O. The molecule has 0 spiro atoms. The Morgan fingerprint density at radius 3 is 2.94 bits per heavy atom. The Labute approximate surface area is 109 Å². The molecule has 0 heterocycles. The van der Waals surface area contributed by atoms with Crippen molar-refractivity contribution in [3.8, 4) is 0 Å². The van der Waals surface area contributed by atoms with E-state index >= 15 is 0 Å². The summed E-state index contributed by atoms with van der Waals surface area (Å²) in [5.41, 5.74) is 3.96. The fourth-order valence-corrected chi connectivity index (χ4v) is 1.84. The van der Waals surface area contributed by atoms with Gasteiger partial charge in [0.15, 0.2) is 0 Å². The van der Waals surface area contributed by atoms with Crippen molar-refractivity contribution in [1.29, 1.82) is 0 Å². The first-order chi connectivity index (χ1) is 8.54. The second-order valence-electron chi connectivity index (χ2n) is 3.50. The molecule has 2 N–H and O–H groups in total. The van der Waals surface area contributed by atoms with Gasteiger partial charge in [0.1, 0.15) is 24.6 Å². The van der Waals surface area contributed by atoms with Crippen LogP contribution in [0, 0.1) is 5.82 Å². The lowest BCUT2D eigenvalue weighted by atomic mass is 10.1. The highest BCUT2D eigenvalue weighted by atomic mass is 32.2. The predicted molar refractivity (Wildman–Crippen MR) is 68.5 cm³/mol. The minimum Gasteiger partial charge on any atom is -0.480 e. The molecule has 0 fully saturated rings. The summed E-state index contributed by atoms with van der Waals surface area (Å²) in [5.74, 6) is -1.28. The van der Waals surface area contributed by atoms with Crippen molar-refractivity contribution in [3.05, 3.63) is 29.6 Å². The van der Waals surface area contributed by atoms with Gasteiger partial charge in [-0.25, -0.2) is 8.67 Å². The number of anilines is 1. The van der Waals surface area contributed by atoms with E-state index < -0.39 is 5.97 Å². The Morgan fingerprint density at radius 1 is 1.61 bits per heavy atom. The number of carbonyl (C=O) groups is 1. The summed E-state index contributed by atoms with van der Waals surface area (Å²) in [6.07, 6.45) is 0.695. The van der Waals surface area contributed by atoms with Crippen LogP contribution in [0.4, 0.5) is 10.1 Å². The van der Waals surface area contributed by atoms with Crippen LogP contribution in [0.15, 0.2) is 18.2 Å². The third-order valence-electron chi connectivity index (χ3n) is 2.19. The molecule has 0 aromatic heterocycles. The number of aliphatic carboxylic acids is 1. The number of hydrogen-bond acceptors (Lipinski definition) is 5. The highest BCUT2D eigenvalue weighted by Crippen LogP contribution is 2.26. The van der Waals surface area contributed by atoms with E-state index in [-0.39, 0.29) is 12.4 Å². The lowest BCUT2D eigenvalue weighted by Crippen LogP contribution is -2.22. The molecule has 0 aliphatic carbocycles. The van der Waals surface area contributed by atoms with E-state index in [1.807, 2.05) is 6.92 Å². The standard InChI is InChI=1S/C11H15FN2O3S/c1-3-8-6-9(12)4-5-10(8)14(2)18-17-13-7-11(15)16/h4-6,13H,3,7H2,1-2H3,(H,15,16). The molecular formula is C11H15FN2O3S.